The molecule has 1 unspecified atom stereocenters. The first-order valence-electron chi connectivity index (χ1n) is 2.72. The Morgan fingerprint density at radius 3 is 1.85 bits per heavy atom. The first-order valence-corrected chi connectivity index (χ1v) is 4.23. The topological polar surface area (TPSA) is 135 Å². The minimum absolute atomic E-state index is 0. The van der Waals surface area contributed by atoms with Crippen molar-refractivity contribution in [3.05, 3.63) is 0 Å². The number of carboxylic acids is 1. The molecule has 4 N–H and O–H groups in total. The van der Waals surface area contributed by atoms with Crippen LogP contribution < -0.4 is 5.73 Å². The third-order valence-corrected chi connectivity index (χ3v) is 2.11. The number of primary amides is 1. The molecule has 13 heavy (non-hydrogen) atoms. The zero-order valence-electron chi connectivity index (χ0n) is 5.80. The Balaban J connectivity index is 0. The van der Waals surface area contributed by atoms with Gasteiger partial charge in [0.25, 0.3) is 10.1 Å². The van der Waals surface area contributed by atoms with Gasteiger partial charge in [-0.2, -0.15) is 8.42 Å². The molecule has 0 aromatic carbocycles. The molecule has 0 radical (unpaired) electrons. The van der Waals surface area contributed by atoms with Crippen LogP contribution in [0.5, 0.6) is 0 Å². The van der Waals surface area contributed by atoms with Crippen LogP contribution in [0.4, 0.5) is 0 Å². The van der Waals surface area contributed by atoms with Crippen molar-refractivity contribution in [1.82, 2.24) is 0 Å². The van der Waals surface area contributed by atoms with Crippen molar-refractivity contribution in [2.75, 3.05) is 0 Å². The molecule has 9 heteroatoms. The molecule has 0 spiro atoms. The summed E-state index contributed by atoms with van der Waals surface area (Å²) in [7, 11) is -4.76. The summed E-state index contributed by atoms with van der Waals surface area (Å²) in [5.41, 5.74) is 4.55. The monoisotopic (exact) mass is 237 g/mol. The van der Waals surface area contributed by atoms with Crippen molar-refractivity contribution < 1.29 is 27.7 Å². The Bertz CT molecular complexity index is 298. The Morgan fingerprint density at radius 1 is 1.38 bits per heavy atom. The number of carbonyl (C=O) groups is 2. The molecule has 0 saturated carbocycles. The summed E-state index contributed by atoms with van der Waals surface area (Å²) in [6.45, 7) is 0. The van der Waals surface area contributed by atoms with Crippen molar-refractivity contribution in [1.29, 1.82) is 0 Å². The van der Waals surface area contributed by atoms with Gasteiger partial charge in [0.2, 0.25) is 5.91 Å². The standard InChI is InChI=1S/C4H7NO6S.K.H/c5-3(6)1-2(4(7)8)12(9,10)11;;/h2H,1H2,(H2,5,6)(H,7,8)(H,9,10,11);;. The summed E-state index contributed by atoms with van der Waals surface area (Å²) in [5.74, 6) is -2.92. The fourth-order valence-electron chi connectivity index (χ4n) is 0.503. The van der Waals surface area contributed by atoms with Crippen LogP contribution in [0.2, 0.25) is 0 Å². The Labute approximate surface area is 117 Å². The second-order valence-electron chi connectivity index (χ2n) is 2.01. The zero-order chi connectivity index (χ0) is 9.94. The summed E-state index contributed by atoms with van der Waals surface area (Å²) >= 11 is 0. The van der Waals surface area contributed by atoms with Crippen LogP contribution in [0, 0.1) is 0 Å². The number of aliphatic carboxylic acids is 1. The number of carboxylic acid groups (broad SMARTS) is 1. The summed E-state index contributed by atoms with van der Waals surface area (Å²) < 4.78 is 28.8. The fraction of sp³-hybridized carbons (Fsp3) is 0.500. The van der Waals surface area contributed by atoms with E-state index in [2.05, 4.69) is 5.73 Å². The Morgan fingerprint density at radius 2 is 1.77 bits per heavy atom. The van der Waals surface area contributed by atoms with Crippen LogP contribution >= 0.6 is 0 Å². The average Bonchev–Trinajstić information content (AvgIpc) is 1.79. The van der Waals surface area contributed by atoms with E-state index in [1.54, 1.807) is 0 Å². The van der Waals surface area contributed by atoms with Crippen LogP contribution in [-0.2, 0) is 19.7 Å². The van der Waals surface area contributed by atoms with Crippen LogP contribution in [0.3, 0.4) is 0 Å². The van der Waals surface area contributed by atoms with Crippen LogP contribution in [0.25, 0.3) is 0 Å². The van der Waals surface area contributed by atoms with E-state index in [1.807, 2.05) is 0 Å². The zero-order valence-corrected chi connectivity index (χ0v) is 6.61. The molecule has 1 atom stereocenters. The van der Waals surface area contributed by atoms with E-state index in [0.29, 0.717) is 0 Å². The molecule has 0 bridgehead atoms. The van der Waals surface area contributed by atoms with Crippen molar-refractivity contribution in [2.45, 2.75) is 11.7 Å². The van der Waals surface area contributed by atoms with E-state index in [-0.39, 0.29) is 51.4 Å². The molecule has 0 aromatic rings. The first-order chi connectivity index (χ1) is 5.25. The van der Waals surface area contributed by atoms with Gasteiger partial charge in [-0.15, -0.1) is 0 Å². The molecule has 0 aliphatic heterocycles. The summed E-state index contributed by atoms with van der Waals surface area (Å²) in [6.07, 6.45) is -0.936. The molecule has 0 heterocycles. The van der Waals surface area contributed by atoms with Crippen LogP contribution in [0.15, 0.2) is 0 Å². The Hall–Kier alpha value is 0.486. The molecule has 1 amide bonds. The first kappa shape index (κ1) is 15.9. The number of hydrogen-bond acceptors (Lipinski definition) is 4. The van der Waals surface area contributed by atoms with Gasteiger partial charge >= 0.3 is 57.4 Å². The van der Waals surface area contributed by atoms with E-state index in [1.165, 1.54) is 0 Å². The van der Waals surface area contributed by atoms with E-state index in [0.717, 1.165) is 0 Å². The third kappa shape index (κ3) is 6.54. The van der Waals surface area contributed by atoms with E-state index < -0.39 is 33.7 Å². The average molecular weight is 237 g/mol. The molecule has 0 fully saturated rings. The summed E-state index contributed by atoms with van der Waals surface area (Å²) in [6, 6.07) is 0. The van der Waals surface area contributed by atoms with Gasteiger partial charge in [-0.05, 0) is 0 Å². The molecule has 0 aliphatic carbocycles. The predicted molar refractivity (Wildman–Crippen MR) is 43.9 cm³/mol. The van der Waals surface area contributed by atoms with E-state index >= 15 is 0 Å². The number of hydrogen-bond donors (Lipinski definition) is 3. The minimum atomic E-state index is -4.76. The summed E-state index contributed by atoms with van der Waals surface area (Å²) in [4.78, 5) is 20.3. The molecule has 7 nitrogen and oxygen atoms in total. The van der Waals surface area contributed by atoms with Gasteiger partial charge in [0, 0.05) is 0 Å². The molecular weight excluding hydrogens is 229 g/mol. The van der Waals surface area contributed by atoms with Crippen LogP contribution in [-0.4, -0.2) is 86.6 Å². The van der Waals surface area contributed by atoms with Crippen molar-refractivity contribution in [3.8, 4) is 0 Å². The van der Waals surface area contributed by atoms with E-state index in [9.17, 15) is 18.0 Å². The normalized spacial score (nSPS) is 12.7. The van der Waals surface area contributed by atoms with E-state index in [4.69, 9.17) is 9.66 Å². The third-order valence-electron chi connectivity index (χ3n) is 1.02. The number of carbonyl (C=O) groups excluding carboxylic acids is 1. The molecule has 72 valence electrons. The van der Waals surface area contributed by atoms with Gasteiger partial charge in [-0.25, -0.2) is 0 Å². The molecule has 0 aliphatic rings. The van der Waals surface area contributed by atoms with Crippen molar-refractivity contribution in [3.63, 3.8) is 0 Å². The number of rotatable bonds is 4. The van der Waals surface area contributed by atoms with Crippen LogP contribution in [0.1, 0.15) is 6.42 Å². The van der Waals surface area contributed by atoms with Crippen molar-refractivity contribution >= 4 is 73.4 Å². The van der Waals surface area contributed by atoms with Gasteiger partial charge in [0.1, 0.15) is 0 Å². The predicted octanol–water partition coefficient (Wildman–Crippen LogP) is -2.45. The molecular formula is C4H8KNO6S. The van der Waals surface area contributed by atoms with Crippen molar-refractivity contribution in [2.24, 2.45) is 5.73 Å². The number of amides is 1. The van der Waals surface area contributed by atoms with Gasteiger partial charge in [0.15, 0.2) is 5.25 Å². The molecule has 0 saturated heterocycles. The second kappa shape index (κ2) is 6.06. The maximum absolute atomic E-state index is 10.3. The number of nitrogens with two attached hydrogens (primary N) is 1. The van der Waals surface area contributed by atoms with Gasteiger partial charge in [-0.1, -0.05) is 0 Å². The molecule has 0 rings (SSSR count). The fourth-order valence-corrected chi connectivity index (χ4v) is 1.13. The quantitative estimate of drug-likeness (QED) is 0.367. The van der Waals surface area contributed by atoms with Gasteiger partial charge in [0.05, 0.1) is 6.42 Å². The SMILES string of the molecule is NC(=O)CC(C(=O)O)S(=O)(=O)O.[KH]. The second-order valence-corrected chi connectivity index (χ2v) is 3.61. The maximum atomic E-state index is 10.3. The Kier molecular flexibility index (Phi) is 7.43. The summed E-state index contributed by atoms with van der Waals surface area (Å²) in [5, 5.41) is 6.04. The molecule has 0 aromatic heterocycles. The van der Waals surface area contributed by atoms with Gasteiger partial charge in [-0.3, -0.25) is 14.1 Å². The van der Waals surface area contributed by atoms with Gasteiger partial charge < -0.3 is 10.8 Å².